The fourth-order valence-corrected chi connectivity index (χ4v) is 6.06. The average molecular weight is 567 g/mol. The zero-order valence-electron chi connectivity index (χ0n) is 22.1. The standard InChI is InChI=1S/C29H30N2O10/c1-12-7-16-19(17(34)8-12)23(36)21-18-9-15-14(20(21)22(16)35)4-6-30-27(15)31-10-13(33)3-2-5-29(11-32)26(39)24(37)25(38)28(40-18)41-29/h4,6-9,13,24-26,28,32-34,37-39H,2-3,5,10-11H2,1H3,(H,30,31)/t13-,24+,25+,26-,28+,29+/m0/s1. The predicted molar refractivity (Wildman–Crippen MR) is 143 cm³/mol. The van der Waals surface area contributed by atoms with E-state index >= 15 is 0 Å². The van der Waals surface area contributed by atoms with Gasteiger partial charge < -0.3 is 45.4 Å². The van der Waals surface area contributed by atoms with Gasteiger partial charge in [0.15, 0.2) is 5.78 Å². The van der Waals surface area contributed by atoms with Crippen LogP contribution < -0.4 is 10.1 Å². The first-order valence-electron chi connectivity index (χ1n) is 13.4. The number of anilines is 1. The van der Waals surface area contributed by atoms with Crippen LogP contribution in [0.2, 0.25) is 0 Å². The van der Waals surface area contributed by atoms with Crippen LogP contribution in [-0.4, -0.2) is 96.6 Å². The van der Waals surface area contributed by atoms with Crippen molar-refractivity contribution in [3.05, 3.63) is 58.3 Å². The molecule has 1 aromatic heterocycles. The number of nitrogens with zero attached hydrogens (tertiary/aromatic N) is 1. The number of β-amino-alcohol motifs (C(OH)–C–C–N with tert-alkyl or cyclic N) is 1. The van der Waals surface area contributed by atoms with Crippen molar-refractivity contribution in [2.45, 2.75) is 62.5 Å². The molecule has 216 valence electrons. The lowest BCUT2D eigenvalue weighted by Gasteiger charge is -2.48. The third-order valence-electron chi connectivity index (χ3n) is 8.21. The average Bonchev–Trinajstić information content (AvgIpc) is 2.94. The van der Waals surface area contributed by atoms with E-state index in [1.807, 2.05) is 0 Å². The Labute approximate surface area is 233 Å². The number of carbonyl (C=O) groups is 2. The number of pyridine rings is 1. The zero-order valence-corrected chi connectivity index (χ0v) is 22.1. The number of carbonyl (C=O) groups excluding carboxylic acids is 2. The highest BCUT2D eigenvalue weighted by Crippen LogP contribution is 2.44. The molecule has 0 spiro atoms. The molecule has 4 bridgehead atoms. The summed E-state index contributed by atoms with van der Waals surface area (Å²) in [6, 6.07) is 5.88. The fourth-order valence-electron chi connectivity index (χ4n) is 6.06. The van der Waals surface area contributed by atoms with Crippen molar-refractivity contribution in [3.63, 3.8) is 0 Å². The maximum Gasteiger partial charge on any atom is 0.229 e. The highest BCUT2D eigenvalue weighted by atomic mass is 16.7. The number of rotatable bonds is 1. The van der Waals surface area contributed by atoms with Gasteiger partial charge in [-0.3, -0.25) is 9.59 Å². The summed E-state index contributed by atoms with van der Waals surface area (Å²) in [7, 11) is 0. The Morgan fingerprint density at radius 2 is 1.80 bits per heavy atom. The molecule has 0 saturated carbocycles. The van der Waals surface area contributed by atoms with E-state index < -0.39 is 54.5 Å². The van der Waals surface area contributed by atoms with Gasteiger partial charge in [0, 0.05) is 29.3 Å². The fraction of sp³-hybridized carbons (Fsp3) is 0.414. The molecule has 3 aliphatic rings. The van der Waals surface area contributed by atoms with Gasteiger partial charge in [0.2, 0.25) is 12.1 Å². The van der Waals surface area contributed by atoms with Gasteiger partial charge in [-0.25, -0.2) is 4.98 Å². The minimum Gasteiger partial charge on any atom is -0.507 e. The van der Waals surface area contributed by atoms with Crippen molar-refractivity contribution in [1.82, 2.24) is 4.98 Å². The van der Waals surface area contributed by atoms with E-state index in [0.29, 0.717) is 22.2 Å². The summed E-state index contributed by atoms with van der Waals surface area (Å²) < 4.78 is 12.0. The Hall–Kier alpha value is -3.65. The molecule has 1 aliphatic carbocycles. The zero-order chi connectivity index (χ0) is 29.2. The normalized spacial score (nSPS) is 29.8. The molecule has 1 fully saturated rings. The van der Waals surface area contributed by atoms with Gasteiger partial charge in [0.05, 0.1) is 23.8 Å². The van der Waals surface area contributed by atoms with E-state index in [-0.39, 0.29) is 59.6 Å². The number of ketones is 2. The molecule has 12 nitrogen and oxygen atoms in total. The third kappa shape index (κ3) is 4.26. The van der Waals surface area contributed by atoms with Crippen LogP contribution in [0.5, 0.6) is 11.5 Å². The van der Waals surface area contributed by atoms with Gasteiger partial charge in [-0.2, -0.15) is 0 Å². The van der Waals surface area contributed by atoms with E-state index in [2.05, 4.69) is 10.3 Å². The van der Waals surface area contributed by atoms with Gasteiger partial charge >= 0.3 is 0 Å². The SMILES string of the molecule is Cc1cc(O)c2c(c1)C(=O)c1c(c3cc4c(nccc14)NC[C@@H](O)CCC[C@]1(CO)O[C@@H](O3)[C@H](O)[C@@H](O)[C@@H]1O)C2=O. The highest BCUT2D eigenvalue weighted by Gasteiger charge is 2.54. The molecule has 2 aliphatic heterocycles. The number of nitrogens with one attached hydrogen (secondary N) is 1. The molecule has 0 unspecified atom stereocenters. The smallest absolute Gasteiger partial charge is 0.229 e. The van der Waals surface area contributed by atoms with Crippen LogP contribution in [0.4, 0.5) is 5.82 Å². The molecular weight excluding hydrogens is 536 g/mol. The van der Waals surface area contributed by atoms with Crippen LogP contribution in [0.25, 0.3) is 10.8 Å². The number of aryl methyl sites for hydroxylation is 1. The minimum absolute atomic E-state index is 0.00460. The molecule has 0 amide bonds. The lowest BCUT2D eigenvalue weighted by molar-refractivity contribution is -0.321. The first-order valence-corrected chi connectivity index (χ1v) is 13.4. The molecule has 3 heterocycles. The number of hydrogen-bond acceptors (Lipinski definition) is 12. The van der Waals surface area contributed by atoms with Gasteiger partial charge in [0.1, 0.15) is 41.2 Å². The van der Waals surface area contributed by atoms with E-state index in [4.69, 9.17) is 9.47 Å². The monoisotopic (exact) mass is 566 g/mol. The molecule has 3 aromatic rings. The number of hydrogen-bond donors (Lipinski definition) is 7. The Kier molecular flexibility index (Phi) is 6.72. The molecule has 0 radical (unpaired) electrons. The Balaban J connectivity index is 1.61. The van der Waals surface area contributed by atoms with Crippen molar-refractivity contribution in [3.8, 4) is 11.5 Å². The number of aromatic nitrogens is 1. The van der Waals surface area contributed by atoms with Crippen LogP contribution in [-0.2, 0) is 4.74 Å². The van der Waals surface area contributed by atoms with Gasteiger partial charge in [-0.1, -0.05) is 0 Å². The minimum atomic E-state index is -1.81. The highest BCUT2D eigenvalue weighted by molar-refractivity contribution is 6.34. The van der Waals surface area contributed by atoms with Crippen LogP contribution in [0.15, 0.2) is 30.5 Å². The number of aromatic hydroxyl groups is 1. The summed E-state index contributed by atoms with van der Waals surface area (Å²) in [5.74, 6) is -1.53. The van der Waals surface area contributed by atoms with Crippen LogP contribution in [0, 0.1) is 6.92 Å². The van der Waals surface area contributed by atoms with E-state index in [0.717, 1.165) is 0 Å². The molecule has 12 heteroatoms. The molecule has 6 rings (SSSR count). The maximum atomic E-state index is 14.0. The molecular formula is C29H30N2O10. The number of aliphatic hydroxyl groups is 5. The Bertz CT molecular complexity index is 1580. The van der Waals surface area contributed by atoms with Crippen molar-refractivity contribution in [2.24, 2.45) is 0 Å². The van der Waals surface area contributed by atoms with Crippen molar-refractivity contribution >= 4 is 28.2 Å². The third-order valence-corrected chi connectivity index (χ3v) is 8.21. The first-order chi connectivity index (χ1) is 19.6. The first kappa shape index (κ1) is 27.5. The van der Waals surface area contributed by atoms with Crippen molar-refractivity contribution < 1.29 is 49.7 Å². The topological polar surface area (TPSA) is 199 Å². The largest absolute Gasteiger partial charge is 0.507 e. The molecule has 1 saturated heterocycles. The Morgan fingerprint density at radius 1 is 1.02 bits per heavy atom. The number of ether oxygens (including phenoxy) is 2. The van der Waals surface area contributed by atoms with E-state index in [9.17, 15) is 40.2 Å². The second-order valence-corrected chi connectivity index (χ2v) is 10.9. The summed E-state index contributed by atoms with van der Waals surface area (Å²) >= 11 is 0. The van der Waals surface area contributed by atoms with Gasteiger partial charge in [-0.05, 0) is 61.4 Å². The summed E-state index contributed by atoms with van der Waals surface area (Å²) in [6.07, 6.45) is -5.87. The number of aliphatic hydroxyl groups excluding tert-OH is 5. The lowest BCUT2D eigenvalue weighted by atomic mass is 9.80. The number of phenolic OH excluding ortho intramolecular Hbond substituents is 1. The van der Waals surface area contributed by atoms with E-state index in [1.165, 1.54) is 24.4 Å². The summed E-state index contributed by atoms with van der Waals surface area (Å²) in [5, 5.41) is 67.7. The second-order valence-electron chi connectivity index (χ2n) is 10.9. The molecule has 6 atom stereocenters. The molecule has 7 N–H and O–H groups in total. The van der Waals surface area contributed by atoms with E-state index in [1.54, 1.807) is 13.0 Å². The maximum absolute atomic E-state index is 14.0. The van der Waals surface area contributed by atoms with Crippen LogP contribution in [0.3, 0.4) is 0 Å². The van der Waals surface area contributed by atoms with Gasteiger partial charge in [-0.15, -0.1) is 0 Å². The molecule has 2 aromatic carbocycles. The predicted octanol–water partition coefficient (Wildman–Crippen LogP) is 0.530. The summed E-state index contributed by atoms with van der Waals surface area (Å²) in [4.78, 5) is 32.3. The quantitative estimate of drug-likeness (QED) is 0.169. The number of benzene rings is 2. The van der Waals surface area contributed by atoms with Crippen LogP contribution >= 0.6 is 0 Å². The summed E-state index contributed by atoms with van der Waals surface area (Å²) in [6.45, 7) is 1.01. The molecule has 41 heavy (non-hydrogen) atoms. The van der Waals surface area contributed by atoms with Crippen molar-refractivity contribution in [2.75, 3.05) is 18.5 Å². The van der Waals surface area contributed by atoms with Crippen LogP contribution in [0.1, 0.15) is 56.7 Å². The Morgan fingerprint density at radius 3 is 2.56 bits per heavy atom. The summed E-state index contributed by atoms with van der Waals surface area (Å²) in [5.41, 5.74) is -1.58. The number of fused-ring (bicyclic) bond motifs is 7. The second kappa shape index (κ2) is 10.0. The number of phenols is 1. The lowest BCUT2D eigenvalue weighted by Crippen LogP contribution is -2.67. The van der Waals surface area contributed by atoms with Gasteiger partial charge in [0.25, 0.3) is 0 Å². The van der Waals surface area contributed by atoms with Crippen molar-refractivity contribution in [1.29, 1.82) is 0 Å².